The van der Waals surface area contributed by atoms with E-state index in [9.17, 15) is 4.39 Å². The molecule has 1 rings (SSSR count). The van der Waals surface area contributed by atoms with Gasteiger partial charge in [0.15, 0.2) is 0 Å². The molecule has 1 aliphatic rings. The van der Waals surface area contributed by atoms with Crippen molar-refractivity contribution in [3.05, 3.63) is 0 Å². The number of methoxy groups -OCH3 is 1. The molecule has 2 nitrogen and oxygen atoms in total. The highest BCUT2D eigenvalue weighted by molar-refractivity contribution is 4.81. The number of hydrogen-bond acceptors (Lipinski definition) is 2. The van der Waals surface area contributed by atoms with Gasteiger partial charge in [-0.1, -0.05) is 13.8 Å². The molecule has 0 unspecified atom stereocenters. The van der Waals surface area contributed by atoms with Crippen molar-refractivity contribution in [3.63, 3.8) is 0 Å². The maximum atomic E-state index is 13.2. The van der Waals surface area contributed by atoms with Crippen molar-refractivity contribution >= 4 is 0 Å². The van der Waals surface area contributed by atoms with Gasteiger partial charge >= 0.3 is 0 Å². The van der Waals surface area contributed by atoms with Gasteiger partial charge in [0.2, 0.25) is 0 Å². The second-order valence-electron chi connectivity index (χ2n) is 4.23. The van der Waals surface area contributed by atoms with E-state index in [1.54, 1.807) is 7.11 Å². The molecule has 1 heterocycles. The Balaban J connectivity index is 2.36. The summed E-state index contributed by atoms with van der Waals surface area (Å²) in [6.07, 6.45) is -0.369. The fourth-order valence-electron chi connectivity index (χ4n) is 1.86. The number of ether oxygens (including phenoxy) is 1. The van der Waals surface area contributed by atoms with Crippen molar-refractivity contribution in [1.82, 2.24) is 4.90 Å². The highest BCUT2D eigenvalue weighted by Crippen LogP contribution is 2.17. The molecule has 78 valence electrons. The molecule has 0 saturated carbocycles. The molecule has 13 heavy (non-hydrogen) atoms. The van der Waals surface area contributed by atoms with Crippen molar-refractivity contribution in [1.29, 1.82) is 0 Å². The predicted molar refractivity (Wildman–Crippen MR) is 51.6 cm³/mol. The number of hydrogen-bond donors (Lipinski definition) is 0. The molecule has 0 aliphatic carbocycles. The van der Waals surface area contributed by atoms with Crippen molar-refractivity contribution in [2.24, 2.45) is 5.92 Å². The fourth-order valence-corrected chi connectivity index (χ4v) is 1.86. The Hall–Kier alpha value is -0.150. The van der Waals surface area contributed by atoms with Crippen LogP contribution in [0.1, 0.15) is 20.3 Å². The van der Waals surface area contributed by atoms with Gasteiger partial charge in [-0.25, -0.2) is 4.39 Å². The summed E-state index contributed by atoms with van der Waals surface area (Å²) in [6.45, 7) is 7.04. The Bertz CT molecular complexity index is 152. The predicted octanol–water partition coefficient (Wildman–Crippen LogP) is 1.70. The summed E-state index contributed by atoms with van der Waals surface area (Å²) in [7, 11) is 1.59. The van der Waals surface area contributed by atoms with Crippen LogP contribution in [0.4, 0.5) is 4.39 Å². The Labute approximate surface area is 80.1 Å². The van der Waals surface area contributed by atoms with Gasteiger partial charge in [0.05, 0.1) is 0 Å². The lowest BCUT2D eigenvalue weighted by Crippen LogP contribution is -2.46. The topological polar surface area (TPSA) is 12.5 Å². The van der Waals surface area contributed by atoms with Gasteiger partial charge in [-0.15, -0.1) is 0 Å². The van der Waals surface area contributed by atoms with E-state index >= 15 is 0 Å². The van der Waals surface area contributed by atoms with Gasteiger partial charge in [0.1, 0.15) is 12.3 Å². The zero-order chi connectivity index (χ0) is 9.84. The standard InChI is InChI=1S/C10H20FNO/c1-8(2)6-12-5-4-9(11)10(7-12)13-3/h8-10H,4-7H2,1-3H3/t9-,10-/m1/s1. The van der Waals surface area contributed by atoms with Crippen molar-refractivity contribution < 1.29 is 9.13 Å². The van der Waals surface area contributed by atoms with E-state index in [2.05, 4.69) is 18.7 Å². The Morgan fingerprint density at radius 2 is 2.23 bits per heavy atom. The second-order valence-corrected chi connectivity index (χ2v) is 4.23. The molecule has 1 aliphatic heterocycles. The molecule has 3 heteroatoms. The fraction of sp³-hybridized carbons (Fsp3) is 1.00. The van der Waals surface area contributed by atoms with E-state index in [0.29, 0.717) is 12.3 Å². The molecule has 0 aromatic rings. The first-order valence-corrected chi connectivity index (χ1v) is 5.02. The molecular formula is C10H20FNO. The van der Waals surface area contributed by atoms with Gasteiger partial charge in [0.25, 0.3) is 0 Å². The van der Waals surface area contributed by atoms with Crippen molar-refractivity contribution in [2.45, 2.75) is 32.5 Å². The molecule has 0 spiro atoms. The lowest BCUT2D eigenvalue weighted by molar-refractivity contribution is -0.0278. The van der Waals surface area contributed by atoms with Crippen LogP contribution in [0.3, 0.4) is 0 Å². The number of likely N-dealkylation sites (tertiary alicyclic amines) is 1. The molecule has 1 fully saturated rings. The zero-order valence-corrected chi connectivity index (χ0v) is 8.79. The van der Waals surface area contributed by atoms with Crippen LogP contribution in [0, 0.1) is 5.92 Å². The van der Waals surface area contributed by atoms with E-state index < -0.39 is 6.17 Å². The molecule has 0 N–H and O–H groups in total. The summed E-state index contributed by atoms with van der Waals surface area (Å²) in [5, 5.41) is 0. The quantitative estimate of drug-likeness (QED) is 0.670. The summed E-state index contributed by atoms with van der Waals surface area (Å²) in [4.78, 5) is 2.29. The number of rotatable bonds is 3. The molecule has 0 aromatic carbocycles. The van der Waals surface area contributed by atoms with E-state index in [-0.39, 0.29) is 6.10 Å². The highest BCUT2D eigenvalue weighted by atomic mass is 19.1. The number of alkyl halides is 1. The summed E-state index contributed by atoms with van der Waals surface area (Å²) in [6, 6.07) is 0. The van der Waals surface area contributed by atoms with Crippen LogP contribution < -0.4 is 0 Å². The van der Waals surface area contributed by atoms with E-state index in [1.807, 2.05) is 0 Å². The maximum Gasteiger partial charge on any atom is 0.129 e. The minimum atomic E-state index is -0.770. The van der Waals surface area contributed by atoms with Crippen LogP contribution in [-0.4, -0.2) is 43.9 Å². The van der Waals surface area contributed by atoms with Crippen LogP contribution in [0.25, 0.3) is 0 Å². The molecule has 1 saturated heterocycles. The van der Waals surface area contributed by atoms with Gasteiger partial charge in [0, 0.05) is 26.7 Å². The first kappa shape index (κ1) is 10.9. The van der Waals surface area contributed by atoms with E-state index in [0.717, 1.165) is 19.6 Å². The third-order valence-corrected chi connectivity index (χ3v) is 2.49. The molecule has 0 radical (unpaired) electrons. The largest absolute Gasteiger partial charge is 0.377 e. The minimum Gasteiger partial charge on any atom is -0.377 e. The van der Waals surface area contributed by atoms with Crippen LogP contribution in [0.2, 0.25) is 0 Å². The van der Waals surface area contributed by atoms with Crippen LogP contribution in [0.5, 0.6) is 0 Å². The molecule has 0 bridgehead atoms. The average molecular weight is 189 g/mol. The number of piperidine rings is 1. The molecular weight excluding hydrogens is 169 g/mol. The Morgan fingerprint density at radius 1 is 1.54 bits per heavy atom. The first-order valence-electron chi connectivity index (χ1n) is 5.02. The van der Waals surface area contributed by atoms with Crippen molar-refractivity contribution in [3.8, 4) is 0 Å². The monoisotopic (exact) mass is 189 g/mol. The van der Waals surface area contributed by atoms with E-state index in [1.165, 1.54) is 0 Å². The maximum absolute atomic E-state index is 13.2. The van der Waals surface area contributed by atoms with Gasteiger partial charge < -0.3 is 9.64 Å². The van der Waals surface area contributed by atoms with Gasteiger partial charge in [-0.05, 0) is 12.3 Å². The third-order valence-electron chi connectivity index (χ3n) is 2.49. The molecule has 2 atom stereocenters. The van der Waals surface area contributed by atoms with E-state index in [4.69, 9.17) is 4.74 Å². The Morgan fingerprint density at radius 3 is 2.77 bits per heavy atom. The van der Waals surface area contributed by atoms with Gasteiger partial charge in [-0.3, -0.25) is 0 Å². The normalized spacial score (nSPS) is 31.2. The lowest BCUT2D eigenvalue weighted by atomic mass is 10.0. The van der Waals surface area contributed by atoms with Crippen LogP contribution >= 0.6 is 0 Å². The van der Waals surface area contributed by atoms with Crippen LogP contribution in [-0.2, 0) is 4.74 Å². The summed E-state index contributed by atoms with van der Waals surface area (Å²) < 4.78 is 18.3. The molecule has 0 aromatic heterocycles. The number of halogens is 1. The van der Waals surface area contributed by atoms with Gasteiger partial charge in [-0.2, -0.15) is 0 Å². The third kappa shape index (κ3) is 3.24. The lowest BCUT2D eigenvalue weighted by Gasteiger charge is -2.35. The Kier molecular flexibility index (Phi) is 4.13. The average Bonchev–Trinajstić information content (AvgIpc) is 2.07. The zero-order valence-electron chi connectivity index (χ0n) is 8.79. The first-order chi connectivity index (χ1) is 6.13. The van der Waals surface area contributed by atoms with Crippen molar-refractivity contribution in [2.75, 3.05) is 26.7 Å². The second kappa shape index (κ2) is 4.91. The smallest absolute Gasteiger partial charge is 0.129 e. The number of nitrogens with zero attached hydrogens (tertiary/aromatic N) is 1. The summed E-state index contributed by atoms with van der Waals surface area (Å²) >= 11 is 0. The SMILES string of the molecule is CO[C@@H]1CN(CC(C)C)CC[C@H]1F. The van der Waals surface area contributed by atoms with Crippen LogP contribution in [0.15, 0.2) is 0 Å². The highest BCUT2D eigenvalue weighted by Gasteiger charge is 2.28. The summed E-state index contributed by atoms with van der Waals surface area (Å²) in [5.41, 5.74) is 0. The minimum absolute atomic E-state index is 0.215. The summed E-state index contributed by atoms with van der Waals surface area (Å²) in [5.74, 6) is 0.647. The molecule has 0 amide bonds.